The molecule has 2 aromatic rings. The summed E-state index contributed by atoms with van der Waals surface area (Å²) >= 11 is 1.41. The second kappa shape index (κ2) is 7.06. The first kappa shape index (κ1) is 15.9. The molecule has 0 spiro atoms. The van der Waals surface area contributed by atoms with Gasteiger partial charge in [0.05, 0.1) is 7.11 Å². The summed E-state index contributed by atoms with van der Waals surface area (Å²) in [5, 5.41) is 15.7. The molecule has 0 radical (unpaired) electrons. The molecule has 0 bridgehead atoms. The van der Waals surface area contributed by atoms with Crippen molar-refractivity contribution < 1.29 is 9.53 Å². The van der Waals surface area contributed by atoms with Crippen LogP contribution in [0.15, 0.2) is 24.3 Å². The zero-order valence-corrected chi connectivity index (χ0v) is 14.0. The number of methoxy groups -OCH3 is 1. The highest BCUT2D eigenvalue weighted by molar-refractivity contribution is 7.15. The van der Waals surface area contributed by atoms with Crippen LogP contribution in [-0.2, 0) is 11.2 Å². The van der Waals surface area contributed by atoms with E-state index in [2.05, 4.69) is 20.8 Å². The largest absolute Gasteiger partial charge is 0.497 e. The van der Waals surface area contributed by atoms with Crippen molar-refractivity contribution in [1.82, 2.24) is 15.5 Å². The first-order valence-electron chi connectivity index (χ1n) is 7.62. The van der Waals surface area contributed by atoms with Crippen molar-refractivity contribution >= 4 is 22.4 Å². The number of carbonyl (C=O) groups is 1. The Morgan fingerprint density at radius 2 is 2.30 bits per heavy atom. The van der Waals surface area contributed by atoms with E-state index >= 15 is 0 Å². The van der Waals surface area contributed by atoms with Crippen molar-refractivity contribution in [1.29, 1.82) is 0 Å². The average molecular weight is 332 g/mol. The summed E-state index contributed by atoms with van der Waals surface area (Å²) in [6, 6.07) is 7.86. The van der Waals surface area contributed by atoms with Crippen molar-refractivity contribution in [2.24, 2.45) is 11.8 Å². The fourth-order valence-electron chi connectivity index (χ4n) is 2.43. The van der Waals surface area contributed by atoms with Gasteiger partial charge in [0, 0.05) is 12.3 Å². The van der Waals surface area contributed by atoms with Crippen LogP contribution in [0.5, 0.6) is 5.75 Å². The van der Waals surface area contributed by atoms with Gasteiger partial charge in [0.2, 0.25) is 11.0 Å². The summed E-state index contributed by atoms with van der Waals surface area (Å²) < 4.78 is 5.22. The fraction of sp³-hybridized carbons (Fsp3) is 0.438. The van der Waals surface area contributed by atoms with E-state index in [1.807, 2.05) is 31.2 Å². The van der Waals surface area contributed by atoms with Crippen LogP contribution in [0.4, 0.5) is 5.13 Å². The predicted octanol–water partition coefficient (Wildman–Crippen LogP) is 1.93. The maximum Gasteiger partial charge on any atom is 0.229 e. The molecule has 1 aliphatic rings. The van der Waals surface area contributed by atoms with Gasteiger partial charge in [0.15, 0.2) is 0 Å². The summed E-state index contributed by atoms with van der Waals surface area (Å²) in [6.45, 7) is 3.77. The van der Waals surface area contributed by atoms with Crippen LogP contribution in [0.25, 0.3) is 0 Å². The number of carbonyl (C=O) groups excluding carboxylic acids is 1. The van der Waals surface area contributed by atoms with Gasteiger partial charge in [-0.3, -0.25) is 4.79 Å². The summed E-state index contributed by atoms with van der Waals surface area (Å²) in [6.07, 6.45) is 0.673. The summed E-state index contributed by atoms with van der Waals surface area (Å²) in [5.41, 5.74) is 1.10. The number of benzene rings is 1. The van der Waals surface area contributed by atoms with E-state index in [1.165, 1.54) is 11.3 Å². The molecule has 1 unspecified atom stereocenters. The van der Waals surface area contributed by atoms with Crippen LogP contribution in [0.1, 0.15) is 17.5 Å². The third kappa shape index (κ3) is 3.86. The third-order valence-corrected chi connectivity index (χ3v) is 4.96. The lowest BCUT2D eigenvalue weighted by atomic mass is 9.88. The molecular weight excluding hydrogens is 312 g/mol. The molecule has 1 atom stereocenters. The molecule has 3 rings (SSSR count). The molecule has 1 saturated heterocycles. The van der Waals surface area contributed by atoms with Crippen molar-refractivity contribution in [3.05, 3.63) is 34.8 Å². The number of rotatable bonds is 6. The van der Waals surface area contributed by atoms with Crippen LogP contribution in [0, 0.1) is 11.8 Å². The molecule has 1 aromatic heterocycles. The molecule has 2 heterocycles. The summed E-state index contributed by atoms with van der Waals surface area (Å²) in [5.74, 6) is 1.24. The lowest BCUT2D eigenvalue weighted by Gasteiger charge is -2.31. The van der Waals surface area contributed by atoms with Crippen molar-refractivity contribution in [3.8, 4) is 5.75 Å². The van der Waals surface area contributed by atoms with Crippen molar-refractivity contribution in [2.45, 2.75) is 13.3 Å². The molecule has 7 heteroatoms. The maximum absolute atomic E-state index is 12.2. The average Bonchev–Trinajstić information content (AvgIpc) is 2.92. The van der Waals surface area contributed by atoms with Gasteiger partial charge >= 0.3 is 0 Å². The Hall–Kier alpha value is -1.99. The SMILES string of the molecule is COc1cccc(Cc2nnc(NC(=O)C(C)C3CNC3)s2)c1. The summed E-state index contributed by atoms with van der Waals surface area (Å²) in [4.78, 5) is 12.2. The normalized spacial score (nSPS) is 15.7. The topological polar surface area (TPSA) is 76.1 Å². The van der Waals surface area contributed by atoms with Crippen LogP contribution >= 0.6 is 11.3 Å². The molecule has 6 nitrogen and oxygen atoms in total. The molecule has 0 saturated carbocycles. The highest BCUT2D eigenvalue weighted by atomic mass is 32.1. The first-order valence-corrected chi connectivity index (χ1v) is 8.44. The smallest absolute Gasteiger partial charge is 0.229 e. The van der Waals surface area contributed by atoms with E-state index in [-0.39, 0.29) is 11.8 Å². The molecule has 1 amide bonds. The fourth-order valence-corrected chi connectivity index (χ4v) is 3.21. The van der Waals surface area contributed by atoms with E-state index in [9.17, 15) is 4.79 Å². The minimum absolute atomic E-state index is 0.0121. The zero-order chi connectivity index (χ0) is 16.2. The number of ether oxygens (including phenoxy) is 1. The Morgan fingerprint density at radius 1 is 1.48 bits per heavy atom. The lowest BCUT2D eigenvalue weighted by molar-refractivity contribution is -0.121. The highest BCUT2D eigenvalue weighted by Crippen LogP contribution is 2.23. The zero-order valence-electron chi connectivity index (χ0n) is 13.2. The number of anilines is 1. The Kier molecular flexibility index (Phi) is 4.88. The molecule has 0 aliphatic carbocycles. The van der Waals surface area contributed by atoms with E-state index in [0.717, 1.165) is 29.4 Å². The molecular formula is C16H20N4O2S. The van der Waals surface area contributed by atoms with Gasteiger partial charge in [-0.2, -0.15) is 0 Å². The standard InChI is InChI=1S/C16H20N4O2S/c1-10(12-8-17-9-12)15(21)18-16-20-19-14(23-16)7-11-4-3-5-13(6-11)22-2/h3-6,10,12,17H,7-9H2,1-2H3,(H,18,20,21). The van der Waals surface area contributed by atoms with E-state index in [0.29, 0.717) is 17.5 Å². The highest BCUT2D eigenvalue weighted by Gasteiger charge is 2.29. The van der Waals surface area contributed by atoms with E-state index < -0.39 is 0 Å². The molecule has 23 heavy (non-hydrogen) atoms. The van der Waals surface area contributed by atoms with E-state index in [1.54, 1.807) is 7.11 Å². The molecule has 1 fully saturated rings. The minimum atomic E-state index is -0.0121. The Labute approximate surface area is 139 Å². The second-order valence-corrected chi connectivity index (χ2v) is 6.79. The van der Waals surface area contributed by atoms with Gasteiger partial charge in [-0.1, -0.05) is 30.4 Å². The third-order valence-electron chi connectivity index (χ3n) is 4.12. The van der Waals surface area contributed by atoms with Gasteiger partial charge in [-0.15, -0.1) is 10.2 Å². The Morgan fingerprint density at radius 3 is 3.00 bits per heavy atom. The minimum Gasteiger partial charge on any atom is -0.497 e. The number of hydrogen-bond donors (Lipinski definition) is 2. The number of aromatic nitrogens is 2. The van der Waals surface area contributed by atoms with Gasteiger partial charge in [0.1, 0.15) is 10.8 Å². The number of amides is 1. The van der Waals surface area contributed by atoms with Crippen LogP contribution < -0.4 is 15.4 Å². The van der Waals surface area contributed by atoms with E-state index in [4.69, 9.17) is 4.74 Å². The number of nitrogens with one attached hydrogen (secondary N) is 2. The Bertz CT molecular complexity index is 684. The van der Waals surface area contributed by atoms with Gasteiger partial charge in [0.25, 0.3) is 0 Å². The quantitative estimate of drug-likeness (QED) is 0.845. The Balaban J connectivity index is 1.60. The van der Waals surface area contributed by atoms with Crippen molar-refractivity contribution in [3.63, 3.8) is 0 Å². The lowest BCUT2D eigenvalue weighted by Crippen LogP contribution is -2.48. The van der Waals surface area contributed by atoms with Gasteiger partial charge < -0.3 is 15.4 Å². The number of hydrogen-bond acceptors (Lipinski definition) is 6. The van der Waals surface area contributed by atoms with Gasteiger partial charge in [-0.05, 0) is 36.7 Å². The first-order chi connectivity index (χ1) is 11.2. The number of nitrogens with zero attached hydrogens (tertiary/aromatic N) is 2. The van der Waals surface area contributed by atoms with Crippen LogP contribution in [0.2, 0.25) is 0 Å². The van der Waals surface area contributed by atoms with Gasteiger partial charge in [-0.25, -0.2) is 0 Å². The maximum atomic E-state index is 12.2. The van der Waals surface area contributed by atoms with Crippen LogP contribution in [0.3, 0.4) is 0 Å². The van der Waals surface area contributed by atoms with Crippen LogP contribution in [-0.4, -0.2) is 36.3 Å². The predicted molar refractivity (Wildman–Crippen MR) is 89.9 cm³/mol. The summed E-state index contributed by atoms with van der Waals surface area (Å²) in [7, 11) is 1.65. The second-order valence-electron chi connectivity index (χ2n) is 5.73. The molecule has 1 aliphatic heterocycles. The molecule has 2 N–H and O–H groups in total. The van der Waals surface area contributed by atoms with Crippen molar-refractivity contribution in [2.75, 3.05) is 25.5 Å². The molecule has 1 aromatic carbocycles. The molecule has 122 valence electrons. The monoisotopic (exact) mass is 332 g/mol.